The van der Waals surface area contributed by atoms with Crippen LogP contribution in [0, 0.1) is 0 Å². The number of anilines is 1. The van der Waals surface area contributed by atoms with Gasteiger partial charge in [-0.2, -0.15) is 0 Å². The van der Waals surface area contributed by atoms with Crippen LogP contribution in [0.1, 0.15) is 0 Å². The van der Waals surface area contributed by atoms with Crippen molar-refractivity contribution in [3.63, 3.8) is 0 Å². The molecular formula is C6H9N5O. The van der Waals surface area contributed by atoms with Gasteiger partial charge in [0.2, 0.25) is 0 Å². The molecule has 0 atom stereocenters. The first-order chi connectivity index (χ1) is 5.83. The molecule has 0 saturated heterocycles. The molecule has 1 aromatic heterocycles. The largest absolute Gasteiger partial charge is 0.334 e. The Kier molecular flexibility index (Phi) is 2.97. The molecule has 0 spiro atoms. The van der Waals surface area contributed by atoms with E-state index in [0.717, 1.165) is 0 Å². The zero-order chi connectivity index (χ0) is 8.81. The molecule has 0 aliphatic carbocycles. The zero-order valence-electron chi connectivity index (χ0n) is 6.53. The van der Waals surface area contributed by atoms with E-state index in [1.165, 1.54) is 18.6 Å². The van der Waals surface area contributed by atoms with Crippen LogP contribution >= 0.6 is 0 Å². The second-order valence-electron chi connectivity index (χ2n) is 1.92. The fraction of sp³-hybridized carbons (Fsp3) is 0.167. The minimum Gasteiger partial charge on any atom is -0.290 e. The summed E-state index contributed by atoms with van der Waals surface area (Å²) < 4.78 is 0. The maximum absolute atomic E-state index is 10.9. The molecule has 64 valence electrons. The Hall–Kier alpha value is -1.69. The van der Waals surface area contributed by atoms with Crippen LogP contribution in [0.4, 0.5) is 10.6 Å². The summed E-state index contributed by atoms with van der Waals surface area (Å²) in [4.78, 5) is 18.5. The van der Waals surface area contributed by atoms with E-state index in [9.17, 15) is 4.79 Å². The number of carbonyl (C=O) groups is 1. The quantitative estimate of drug-likeness (QED) is 0.530. The molecule has 2 amide bonds. The Balaban J connectivity index is 2.47. The highest BCUT2D eigenvalue weighted by Gasteiger charge is 1.98. The van der Waals surface area contributed by atoms with Crippen LogP contribution in [0.3, 0.4) is 0 Å². The van der Waals surface area contributed by atoms with Gasteiger partial charge >= 0.3 is 6.03 Å². The van der Waals surface area contributed by atoms with E-state index >= 15 is 0 Å². The number of aromatic nitrogens is 2. The number of carbonyl (C=O) groups excluding carboxylic acids is 1. The van der Waals surface area contributed by atoms with Gasteiger partial charge < -0.3 is 0 Å². The minimum atomic E-state index is -0.377. The Bertz CT molecular complexity index is 249. The van der Waals surface area contributed by atoms with Gasteiger partial charge in [-0.25, -0.2) is 15.2 Å². The van der Waals surface area contributed by atoms with Crippen molar-refractivity contribution >= 4 is 11.8 Å². The molecule has 0 aliphatic heterocycles. The fourth-order valence-corrected chi connectivity index (χ4v) is 0.625. The molecule has 0 aromatic carbocycles. The maximum Gasteiger partial charge on any atom is 0.334 e. The van der Waals surface area contributed by atoms with Crippen molar-refractivity contribution in [3.05, 3.63) is 18.6 Å². The highest BCUT2D eigenvalue weighted by molar-refractivity contribution is 5.87. The summed E-state index contributed by atoms with van der Waals surface area (Å²) in [6, 6.07) is -0.377. The van der Waals surface area contributed by atoms with Crippen LogP contribution in [-0.2, 0) is 0 Å². The van der Waals surface area contributed by atoms with E-state index in [2.05, 4.69) is 26.1 Å². The predicted molar refractivity (Wildman–Crippen MR) is 43.2 cm³/mol. The van der Waals surface area contributed by atoms with Gasteiger partial charge in [0.05, 0.1) is 6.20 Å². The molecule has 0 fully saturated rings. The summed E-state index contributed by atoms with van der Waals surface area (Å²) >= 11 is 0. The number of rotatable bonds is 2. The van der Waals surface area contributed by atoms with Crippen LogP contribution in [0.5, 0.6) is 0 Å². The average Bonchev–Trinajstić information content (AvgIpc) is 2.06. The Morgan fingerprint density at radius 1 is 1.50 bits per heavy atom. The molecular weight excluding hydrogens is 158 g/mol. The molecule has 0 aliphatic rings. The molecule has 0 radical (unpaired) electrons. The van der Waals surface area contributed by atoms with E-state index in [0.29, 0.717) is 5.82 Å². The van der Waals surface area contributed by atoms with Gasteiger partial charge in [-0.1, -0.05) is 0 Å². The summed E-state index contributed by atoms with van der Waals surface area (Å²) in [7, 11) is 1.59. The minimum absolute atomic E-state index is 0.377. The van der Waals surface area contributed by atoms with Crippen LogP contribution in [0.25, 0.3) is 0 Å². The van der Waals surface area contributed by atoms with Crippen molar-refractivity contribution in [2.45, 2.75) is 0 Å². The lowest BCUT2D eigenvalue weighted by molar-refractivity contribution is 0.249. The molecule has 1 aromatic rings. The van der Waals surface area contributed by atoms with Gasteiger partial charge in [0.25, 0.3) is 0 Å². The number of urea groups is 1. The molecule has 6 heteroatoms. The first-order valence-corrected chi connectivity index (χ1v) is 3.32. The van der Waals surface area contributed by atoms with Crippen molar-refractivity contribution in [2.24, 2.45) is 0 Å². The highest BCUT2D eigenvalue weighted by Crippen LogP contribution is 1.95. The molecule has 0 saturated carbocycles. The van der Waals surface area contributed by atoms with E-state index in [1.54, 1.807) is 7.05 Å². The van der Waals surface area contributed by atoms with Crippen molar-refractivity contribution in [2.75, 3.05) is 12.4 Å². The number of hydrogen-bond donors (Lipinski definition) is 3. The van der Waals surface area contributed by atoms with Gasteiger partial charge in [0.1, 0.15) is 0 Å². The third-order valence-electron chi connectivity index (χ3n) is 1.04. The summed E-state index contributed by atoms with van der Waals surface area (Å²) in [6.07, 6.45) is 4.48. The molecule has 6 nitrogen and oxygen atoms in total. The summed E-state index contributed by atoms with van der Waals surface area (Å²) in [5.41, 5.74) is 4.80. The predicted octanol–water partition coefficient (Wildman–Crippen LogP) is -0.268. The van der Waals surface area contributed by atoms with Crippen LogP contribution in [0.2, 0.25) is 0 Å². The maximum atomic E-state index is 10.9. The normalized spacial score (nSPS) is 9.08. The summed E-state index contributed by atoms with van der Waals surface area (Å²) in [6.45, 7) is 0. The average molecular weight is 167 g/mol. The van der Waals surface area contributed by atoms with E-state index in [1.807, 2.05) is 0 Å². The Labute approximate surface area is 69.4 Å². The lowest BCUT2D eigenvalue weighted by Gasteiger charge is -2.03. The summed E-state index contributed by atoms with van der Waals surface area (Å²) in [5.74, 6) is 0.408. The molecule has 0 unspecified atom stereocenters. The van der Waals surface area contributed by atoms with Crippen LogP contribution in [-0.4, -0.2) is 23.0 Å². The Morgan fingerprint density at radius 2 is 2.33 bits per heavy atom. The SMILES string of the molecule is CNNC(=O)Nc1cnccn1. The van der Waals surface area contributed by atoms with Crippen LogP contribution in [0.15, 0.2) is 18.6 Å². The van der Waals surface area contributed by atoms with Gasteiger partial charge in [-0.05, 0) is 0 Å². The topological polar surface area (TPSA) is 78.9 Å². The van der Waals surface area contributed by atoms with Crippen molar-refractivity contribution in [3.8, 4) is 0 Å². The van der Waals surface area contributed by atoms with Gasteiger partial charge in [-0.3, -0.25) is 15.7 Å². The zero-order valence-corrected chi connectivity index (χ0v) is 6.53. The van der Waals surface area contributed by atoms with Crippen molar-refractivity contribution in [1.29, 1.82) is 0 Å². The number of nitrogens with one attached hydrogen (secondary N) is 3. The van der Waals surface area contributed by atoms with Crippen LogP contribution < -0.4 is 16.2 Å². The first-order valence-electron chi connectivity index (χ1n) is 3.32. The Morgan fingerprint density at radius 3 is 2.92 bits per heavy atom. The van der Waals surface area contributed by atoms with Crippen molar-refractivity contribution in [1.82, 2.24) is 20.8 Å². The second-order valence-corrected chi connectivity index (χ2v) is 1.92. The first kappa shape index (κ1) is 8.41. The highest BCUT2D eigenvalue weighted by atomic mass is 16.2. The lowest BCUT2D eigenvalue weighted by Crippen LogP contribution is -2.37. The van der Waals surface area contributed by atoms with Gasteiger partial charge in [-0.15, -0.1) is 0 Å². The van der Waals surface area contributed by atoms with E-state index in [4.69, 9.17) is 0 Å². The number of hydrazine groups is 1. The molecule has 12 heavy (non-hydrogen) atoms. The third-order valence-corrected chi connectivity index (χ3v) is 1.04. The fourth-order valence-electron chi connectivity index (χ4n) is 0.625. The smallest absolute Gasteiger partial charge is 0.290 e. The monoisotopic (exact) mass is 167 g/mol. The standard InChI is InChI=1S/C6H9N5O/c1-7-11-6(12)10-5-4-8-2-3-9-5/h2-4,7H,1H3,(H2,9,10,11,12). The second kappa shape index (κ2) is 4.24. The van der Waals surface area contributed by atoms with E-state index < -0.39 is 0 Å². The van der Waals surface area contributed by atoms with E-state index in [-0.39, 0.29) is 6.03 Å². The molecule has 1 rings (SSSR count). The summed E-state index contributed by atoms with van der Waals surface area (Å²) in [5, 5.41) is 2.46. The molecule has 1 heterocycles. The van der Waals surface area contributed by atoms with Gasteiger partial charge in [0.15, 0.2) is 5.82 Å². The van der Waals surface area contributed by atoms with Crippen molar-refractivity contribution < 1.29 is 4.79 Å². The lowest BCUT2D eigenvalue weighted by atomic mass is 10.6. The number of hydrogen-bond acceptors (Lipinski definition) is 4. The number of amides is 2. The molecule has 0 bridgehead atoms. The number of nitrogens with zero attached hydrogens (tertiary/aromatic N) is 2. The molecule has 3 N–H and O–H groups in total. The van der Waals surface area contributed by atoms with Gasteiger partial charge in [0, 0.05) is 19.4 Å². The third kappa shape index (κ3) is 2.51.